The molecule has 1 amide bonds. The first-order chi connectivity index (χ1) is 7.13. The SMILES string of the molecule is COc1ccc2c(c1)C(=O)N(C(C)C)C2. The lowest BCUT2D eigenvalue weighted by atomic mass is 10.1. The minimum Gasteiger partial charge on any atom is -0.497 e. The van der Waals surface area contributed by atoms with Crippen LogP contribution < -0.4 is 4.74 Å². The van der Waals surface area contributed by atoms with Gasteiger partial charge in [0.05, 0.1) is 7.11 Å². The quantitative estimate of drug-likeness (QED) is 0.739. The Hall–Kier alpha value is -1.51. The first-order valence-corrected chi connectivity index (χ1v) is 5.11. The predicted molar refractivity (Wildman–Crippen MR) is 58.0 cm³/mol. The molecule has 1 aliphatic rings. The lowest BCUT2D eigenvalue weighted by Crippen LogP contribution is -2.30. The Morgan fingerprint density at radius 1 is 1.40 bits per heavy atom. The van der Waals surface area contributed by atoms with E-state index in [1.54, 1.807) is 7.11 Å². The van der Waals surface area contributed by atoms with Crippen LogP contribution in [-0.4, -0.2) is 24.0 Å². The van der Waals surface area contributed by atoms with Crippen LogP contribution in [0.3, 0.4) is 0 Å². The minimum absolute atomic E-state index is 0.110. The van der Waals surface area contributed by atoms with Crippen molar-refractivity contribution in [2.24, 2.45) is 0 Å². The summed E-state index contributed by atoms with van der Waals surface area (Å²) in [5.74, 6) is 0.853. The highest BCUT2D eigenvalue weighted by molar-refractivity contribution is 5.98. The fourth-order valence-corrected chi connectivity index (χ4v) is 1.85. The van der Waals surface area contributed by atoms with Crippen molar-refractivity contribution in [1.29, 1.82) is 0 Å². The third kappa shape index (κ3) is 1.58. The highest BCUT2D eigenvalue weighted by atomic mass is 16.5. The summed E-state index contributed by atoms with van der Waals surface area (Å²) < 4.78 is 5.11. The van der Waals surface area contributed by atoms with Crippen molar-refractivity contribution >= 4 is 5.91 Å². The number of carbonyl (C=O) groups is 1. The summed E-state index contributed by atoms with van der Waals surface area (Å²) in [5.41, 5.74) is 1.87. The van der Waals surface area contributed by atoms with E-state index in [0.717, 1.165) is 23.4 Å². The molecule has 0 spiro atoms. The Balaban J connectivity index is 2.38. The third-order valence-electron chi connectivity index (χ3n) is 2.77. The topological polar surface area (TPSA) is 29.5 Å². The molecule has 0 saturated carbocycles. The predicted octanol–water partition coefficient (Wildman–Crippen LogP) is 2.06. The average molecular weight is 205 g/mol. The van der Waals surface area contributed by atoms with E-state index in [9.17, 15) is 4.79 Å². The van der Waals surface area contributed by atoms with Crippen molar-refractivity contribution in [3.8, 4) is 5.75 Å². The fourth-order valence-electron chi connectivity index (χ4n) is 1.85. The largest absolute Gasteiger partial charge is 0.497 e. The summed E-state index contributed by atoms with van der Waals surface area (Å²) in [4.78, 5) is 13.8. The molecule has 0 unspecified atom stereocenters. The van der Waals surface area contributed by atoms with Gasteiger partial charge in [0, 0.05) is 18.2 Å². The molecular weight excluding hydrogens is 190 g/mol. The molecule has 1 aliphatic heterocycles. The number of ether oxygens (including phenoxy) is 1. The molecule has 0 atom stereocenters. The molecule has 80 valence electrons. The molecule has 0 bridgehead atoms. The van der Waals surface area contributed by atoms with E-state index in [4.69, 9.17) is 4.74 Å². The van der Waals surface area contributed by atoms with E-state index in [1.807, 2.05) is 36.9 Å². The Morgan fingerprint density at radius 2 is 2.13 bits per heavy atom. The van der Waals surface area contributed by atoms with Gasteiger partial charge in [-0.3, -0.25) is 4.79 Å². The van der Waals surface area contributed by atoms with Crippen molar-refractivity contribution in [3.63, 3.8) is 0 Å². The van der Waals surface area contributed by atoms with E-state index in [0.29, 0.717) is 0 Å². The molecule has 0 aromatic heterocycles. The summed E-state index contributed by atoms with van der Waals surface area (Å²) in [5, 5.41) is 0. The number of rotatable bonds is 2. The summed E-state index contributed by atoms with van der Waals surface area (Å²) in [7, 11) is 1.61. The Bertz CT molecular complexity index is 399. The number of nitrogens with zero attached hydrogens (tertiary/aromatic N) is 1. The molecule has 0 aliphatic carbocycles. The van der Waals surface area contributed by atoms with Gasteiger partial charge in [0.25, 0.3) is 5.91 Å². The second kappa shape index (κ2) is 3.57. The standard InChI is InChI=1S/C12H15NO2/c1-8(2)13-7-9-4-5-10(15-3)6-11(9)12(13)14/h4-6,8H,7H2,1-3H3. The van der Waals surface area contributed by atoms with Crippen LogP contribution in [0.1, 0.15) is 29.8 Å². The summed E-state index contributed by atoms with van der Waals surface area (Å²) in [6, 6.07) is 5.93. The first-order valence-electron chi connectivity index (χ1n) is 5.11. The average Bonchev–Trinajstić information content (AvgIpc) is 2.56. The molecule has 3 heteroatoms. The van der Waals surface area contributed by atoms with E-state index in [1.165, 1.54) is 0 Å². The maximum atomic E-state index is 12.0. The van der Waals surface area contributed by atoms with Crippen LogP contribution in [0.15, 0.2) is 18.2 Å². The van der Waals surface area contributed by atoms with Crippen LogP contribution in [0.5, 0.6) is 5.75 Å². The molecule has 0 fully saturated rings. The number of methoxy groups -OCH3 is 1. The second-order valence-electron chi connectivity index (χ2n) is 4.05. The number of hydrogen-bond donors (Lipinski definition) is 0. The zero-order valence-corrected chi connectivity index (χ0v) is 9.28. The molecule has 15 heavy (non-hydrogen) atoms. The minimum atomic E-state index is 0.110. The molecule has 0 radical (unpaired) electrons. The first kappa shape index (κ1) is 10.0. The van der Waals surface area contributed by atoms with Gasteiger partial charge in [0.15, 0.2) is 0 Å². The van der Waals surface area contributed by atoms with Gasteiger partial charge in [0.2, 0.25) is 0 Å². The van der Waals surface area contributed by atoms with E-state index in [-0.39, 0.29) is 11.9 Å². The molecule has 1 aromatic carbocycles. The zero-order chi connectivity index (χ0) is 11.0. The van der Waals surface area contributed by atoms with Gasteiger partial charge >= 0.3 is 0 Å². The maximum Gasteiger partial charge on any atom is 0.254 e. The van der Waals surface area contributed by atoms with Crippen LogP contribution in [0.2, 0.25) is 0 Å². The van der Waals surface area contributed by atoms with Crippen molar-refractivity contribution in [2.45, 2.75) is 26.4 Å². The number of carbonyl (C=O) groups excluding carboxylic acids is 1. The van der Waals surface area contributed by atoms with Crippen molar-refractivity contribution in [2.75, 3.05) is 7.11 Å². The second-order valence-corrected chi connectivity index (χ2v) is 4.05. The molecule has 2 rings (SSSR count). The van der Waals surface area contributed by atoms with Crippen LogP contribution in [0.25, 0.3) is 0 Å². The molecule has 0 N–H and O–H groups in total. The van der Waals surface area contributed by atoms with Crippen LogP contribution in [-0.2, 0) is 6.54 Å². The molecule has 3 nitrogen and oxygen atoms in total. The fraction of sp³-hybridized carbons (Fsp3) is 0.417. The number of amides is 1. The lowest BCUT2D eigenvalue weighted by molar-refractivity contribution is 0.0730. The van der Waals surface area contributed by atoms with Gasteiger partial charge in [0.1, 0.15) is 5.75 Å². The van der Waals surface area contributed by atoms with Crippen molar-refractivity contribution in [3.05, 3.63) is 29.3 Å². The summed E-state index contributed by atoms with van der Waals surface area (Å²) in [6.45, 7) is 4.78. The van der Waals surface area contributed by atoms with Crippen LogP contribution in [0, 0.1) is 0 Å². The molecule has 0 saturated heterocycles. The normalized spacial score (nSPS) is 14.7. The van der Waals surface area contributed by atoms with Crippen molar-refractivity contribution < 1.29 is 9.53 Å². The van der Waals surface area contributed by atoms with Gasteiger partial charge in [-0.2, -0.15) is 0 Å². The summed E-state index contributed by atoms with van der Waals surface area (Å²) >= 11 is 0. The van der Waals surface area contributed by atoms with Crippen LogP contribution in [0.4, 0.5) is 0 Å². The van der Waals surface area contributed by atoms with Gasteiger partial charge in [-0.25, -0.2) is 0 Å². The van der Waals surface area contributed by atoms with E-state index in [2.05, 4.69) is 0 Å². The summed E-state index contributed by atoms with van der Waals surface area (Å²) in [6.07, 6.45) is 0. The molecular formula is C12H15NO2. The highest BCUT2D eigenvalue weighted by Crippen LogP contribution is 2.27. The molecule has 1 aromatic rings. The van der Waals surface area contributed by atoms with Gasteiger partial charge in [-0.1, -0.05) is 6.07 Å². The van der Waals surface area contributed by atoms with Gasteiger partial charge in [-0.15, -0.1) is 0 Å². The molecule has 1 heterocycles. The Kier molecular flexibility index (Phi) is 2.39. The van der Waals surface area contributed by atoms with Gasteiger partial charge in [-0.05, 0) is 31.5 Å². The van der Waals surface area contributed by atoms with Crippen molar-refractivity contribution in [1.82, 2.24) is 4.90 Å². The number of fused-ring (bicyclic) bond motifs is 1. The number of benzene rings is 1. The third-order valence-corrected chi connectivity index (χ3v) is 2.77. The smallest absolute Gasteiger partial charge is 0.254 e. The zero-order valence-electron chi connectivity index (χ0n) is 9.28. The number of hydrogen-bond acceptors (Lipinski definition) is 2. The Morgan fingerprint density at radius 3 is 2.73 bits per heavy atom. The monoisotopic (exact) mass is 205 g/mol. The van der Waals surface area contributed by atoms with E-state index >= 15 is 0 Å². The van der Waals surface area contributed by atoms with Crippen LogP contribution >= 0.6 is 0 Å². The van der Waals surface area contributed by atoms with E-state index < -0.39 is 0 Å². The van der Waals surface area contributed by atoms with Gasteiger partial charge < -0.3 is 9.64 Å². The maximum absolute atomic E-state index is 12.0. The lowest BCUT2D eigenvalue weighted by Gasteiger charge is -2.19. The highest BCUT2D eigenvalue weighted by Gasteiger charge is 2.29. The Labute approximate surface area is 89.7 Å².